The van der Waals surface area contributed by atoms with Crippen LogP contribution in [-0.4, -0.2) is 29.5 Å². The van der Waals surface area contributed by atoms with Crippen molar-refractivity contribution in [1.29, 1.82) is 0 Å². The standard InChI is InChI=1S/C9H18N2OS/c1-3-13-7-4-5-9(6-7,11-2)8(10)12/h7,11H,3-6H2,1-2H3,(H2,10,12). The third-order valence-electron chi connectivity index (χ3n) is 2.82. The highest BCUT2D eigenvalue weighted by Crippen LogP contribution is 2.36. The highest BCUT2D eigenvalue weighted by molar-refractivity contribution is 7.99. The molecule has 0 heterocycles. The van der Waals surface area contributed by atoms with E-state index < -0.39 is 5.54 Å². The number of nitrogens with one attached hydrogen (secondary N) is 1. The summed E-state index contributed by atoms with van der Waals surface area (Å²) >= 11 is 1.93. The lowest BCUT2D eigenvalue weighted by atomic mass is 9.97. The predicted molar refractivity (Wildman–Crippen MR) is 56.8 cm³/mol. The van der Waals surface area contributed by atoms with Gasteiger partial charge in [0.05, 0.1) is 5.54 Å². The van der Waals surface area contributed by atoms with Gasteiger partial charge in [-0.2, -0.15) is 11.8 Å². The van der Waals surface area contributed by atoms with E-state index in [1.807, 2.05) is 18.8 Å². The number of carbonyl (C=O) groups excluding carboxylic acids is 1. The summed E-state index contributed by atoms with van der Waals surface area (Å²) in [5, 5.41) is 3.68. The van der Waals surface area contributed by atoms with Crippen LogP contribution in [0, 0.1) is 0 Å². The van der Waals surface area contributed by atoms with Crippen molar-refractivity contribution in [2.24, 2.45) is 5.73 Å². The summed E-state index contributed by atoms with van der Waals surface area (Å²) in [5.74, 6) is 0.914. The molecule has 76 valence electrons. The number of nitrogens with two attached hydrogens (primary N) is 1. The van der Waals surface area contributed by atoms with Crippen molar-refractivity contribution < 1.29 is 4.79 Å². The van der Waals surface area contributed by atoms with E-state index in [2.05, 4.69) is 12.2 Å². The van der Waals surface area contributed by atoms with Gasteiger partial charge in [-0.25, -0.2) is 0 Å². The fourth-order valence-electron chi connectivity index (χ4n) is 1.95. The van der Waals surface area contributed by atoms with Gasteiger partial charge in [-0.1, -0.05) is 6.92 Å². The lowest BCUT2D eigenvalue weighted by Crippen LogP contribution is -2.52. The summed E-state index contributed by atoms with van der Waals surface area (Å²) in [7, 11) is 1.82. The lowest BCUT2D eigenvalue weighted by molar-refractivity contribution is -0.124. The van der Waals surface area contributed by atoms with Crippen molar-refractivity contribution in [2.75, 3.05) is 12.8 Å². The Balaban J connectivity index is 2.58. The minimum absolute atomic E-state index is 0.200. The normalized spacial score (nSPS) is 33.5. The third kappa shape index (κ3) is 2.17. The van der Waals surface area contributed by atoms with E-state index in [4.69, 9.17) is 5.73 Å². The average Bonchev–Trinajstić information content (AvgIpc) is 2.50. The van der Waals surface area contributed by atoms with Gasteiger partial charge in [0, 0.05) is 5.25 Å². The molecule has 0 radical (unpaired) electrons. The Hall–Kier alpha value is -0.220. The number of rotatable bonds is 4. The van der Waals surface area contributed by atoms with Crippen LogP contribution in [0.15, 0.2) is 0 Å². The molecule has 0 spiro atoms. The van der Waals surface area contributed by atoms with Crippen LogP contribution in [0.25, 0.3) is 0 Å². The molecule has 0 bridgehead atoms. The molecule has 4 heteroatoms. The molecule has 1 fully saturated rings. The molecule has 1 aliphatic rings. The van der Waals surface area contributed by atoms with Crippen molar-refractivity contribution >= 4 is 17.7 Å². The van der Waals surface area contributed by atoms with Crippen LogP contribution in [-0.2, 0) is 4.79 Å². The largest absolute Gasteiger partial charge is 0.368 e. The number of amides is 1. The minimum Gasteiger partial charge on any atom is -0.368 e. The molecular weight excluding hydrogens is 184 g/mol. The molecule has 1 aliphatic carbocycles. The molecule has 13 heavy (non-hydrogen) atoms. The molecule has 0 aliphatic heterocycles. The predicted octanol–water partition coefficient (Wildman–Crippen LogP) is 0.736. The van der Waals surface area contributed by atoms with E-state index in [-0.39, 0.29) is 5.91 Å². The van der Waals surface area contributed by atoms with E-state index >= 15 is 0 Å². The first-order chi connectivity index (χ1) is 6.14. The molecular formula is C9H18N2OS. The second-order valence-corrected chi connectivity index (χ2v) is 5.09. The van der Waals surface area contributed by atoms with Crippen molar-refractivity contribution in [3.05, 3.63) is 0 Å². The molecule has 0 aromatic carbocycles. The van der Waals surface area contributed by atoms with Crippen LogP contribution < -0.4 is 11.1 Å². The highest BCUT2D eigenvalue weighted by atomic mass is 32.2. The number of carbonyl (C=O) groups is 1. The van der Waals surface area contributed by atoms with Gasteiger partial charge in [0.15, 0.2) is 0 Å². The van der Waals surface area contributed by atoms with Gasteiger partial charge in [0.1, 0.15) is 0 Å². The monoisotopic (exact) mass is 202 g/mol. The summed E-state index contributed by atoms with van der Waals surface area (Å²) in [4.78, 5) is 11.3. The van der Waals surface area contributed by atoms with Gasteiger partial charge in [-0.05, 0) is 32.1 Å². The van der Waals surface area contributed by atoms with Gasteiger partial charge in [0.2, 0.25) is 5.91 Å². The summed E-state index contributed by atoms with van der Waals surface area (Å²) in [5.41, 5.74) is 4.97. The Morgan fingerprint density at radius 3 is 2.85 bits per heavy atom. The van der Waals surface area contributed by atoms with Crippen LogP contribution in [0.4, 0.5) is 0 Å². The second-order valence-electron chi connectivity index (χ2n) is 3.52. The van der Waals surface area contributed by atoms with Gasteiger partial charge in [0.25, 0.3) is 0 Å². The van der Waals surface area contributed by atoms with E-state index in [1.165, 1.54) is 0 Å². The molecule has 0 aromatic heterocycles. The molecule has 0 saturated heterocycles. The average molecular weight is 202 g/mol. The maximum Gasteiger partial charge on any atom is 0.237 e. The fraction of sp³-hybridized carbons (Fsp3) is 0.889. The smallest absolute Gasteiger partial charge is 0.237 e. The van der Waals surface area contributed by atoms with Crippen LogP contribution in [0.2, 0.25) is 0 Å². The summed E-state index contributed by atoms with van der Waals surface area (Å²) < 4.78 is 0. The first-order valence-corrected chi connectivity index (χ1v) is 5.80. The summed E-state index contributed by atoms with van der Waals surface area (Å²) in [6, 6.07) is 0. The van der Waals surface area contributed by atoms with Gasteiger partial charge in [-0.15, -0.1) is 0 Å². The molecule has 2 unspecified atom stereocenters. The molecule has 1 amide bonds. The summed E-state index contributed by atoms with van der Waals surface area (Å²) in [6.07, 6.45) is 2.87. The highest BCUT2D eigenvalue weighted by Gasteiger charge is 2.42. The Labute approximate surface area is 83.8 Å². The zero-order valence-electron chi connectivity index (χ0n) is 8.30. The lowest BCUT2D eigenvalue weighted by Gasteiger charge is -2.24. The first kappa shape index (κ1) is 10.9. The van der Waals surface area contributed by atoms with Crippen molar-refractivity contribution in [3.8, 4) is 0 Å². The molecule has 3 nitrogen and oxygen atoms in total. The zero-order valence-corrected chi connectivity index (χ0v) is 9.12. The summed E-state index contributed by atoms with van der Waals surface area (Å²) in [6.45, 7) is 2.15. The topological polar surface area (TPSA) is 55.1 Å². The van der Waals surface area contributed by atoms with Crippen molar-refractivity contribution in [1.82, 2.24) is 5.32 Å². The molecule has 3 N–H and O–H groups in total. The SMILES string of the molecule is CCSC1CCC(NC)(C(N)=O)C1. The van der Waals surface area contributed by atoms with Gasteiger partial charge in [-0.3, -0.25) is 4.79 Å². The van der Waals surface area contributed by atoms with Gasteiger partial charge < -0.3 is 11.1 Å². The quantitative estimate of drug-likeness (QED) is 0.707. The Morgan fingerprint density at radius 1 is 1.77 bits per heavy atom. The second kappa shape index (κ2) is 4.33. The number of likely N-dealkylation sites (N-methyl/N-ethyl adjacent to an activating group) is 1. The van der Waals surface area contributed by atoms with Crippen molar-refractivity contribution in [2.45, 2.75) is 37.0 Å². The minimum atomic E-state index is -0.424. The molecule has 1 rings (SSSR count). The maximum atomic E-state index is 11.3. The van der Waals surface area contributed by atoms with E-state index in [9.17, 15) is 4.79 Å². The number of hydrogen-bond donors (Lipinski definition) is 2. The molecule has 1 saturated carbocycles. The Kier molecular flexibility index (Phi) is 3.62. The van der Waals surface area contributed by atoms with Crippen LogP contribution in [0.1, 0.15) is 26.2 Å². The zero-order chi connectivity index (χ0) is 9.90. The molecule has 2 atom stereocenters. The van der Waals surface area contributed by atoms with Crippen LogP contribution >= 0.6 is 11.8 Å². The van der Waals surface area contributed by atoms with Crippen molar-refractivity contribution in [3.63, 3.8) is 0 Å². The van der Waals surface area contributed by atoms with Gasteiger partial charge >= 0.3 is 0 Å². The van der Waals surface area contributed by atoms with Crippen LogP contribution in [0.5, 0.6) is 0 Å². The Morgan fingerprint density at radius 2 is 2.46 bits per heavy atom. The van der Waals surface area contributed by atoms with E-state index in [1.54, 1.807) is 0 Å². The third-order valence-corrected chi connectivity index (χ3v) is 4.03. The van der Waals surface area contributed by atoms with E-state index in [0.717, 1.165) is 25.0 Å². The fourth-order valence-corrected chi connectivity index (χ4v) is 3.11. The van der Waals surface area contributed by atoms with E-state index in [0.29, 0.717) is 5.25 Å². The number of hydrogen-bond acceptors (Lipinski definition) is 3. The first-order valence-electron chi connectivity index (χ1n) is 4.75. The Bertz CT molecular complexity index is 198. The number of primary amides is 1. The van der Waals surface area contributed by atoms with Crippen LogP contribution in [0.3, 0.4) is 0 Å². The maximum absolute atomic E-state index is 11.3. The number of thioether (sulfide) groups is 1. The molecule has 0 aromatic rings.